The zero-order chi connectivity index (χ0) is 16.4. The Labute approximate surface area is 139 Å². The summed E-state index contributed by atoms with van der Waals surface area (Å²) >= 11 is 0. The maximum absolute atomic E-state index is 4.49. The van der Waals surface area contributed by atoms with Crippen molar-refractivity contribution in [3.05, 3.63) is 79.0 Å². The van der Waals surface area contributed by atoms with E-state index >= 15 is 0 Å². The number of rotatable bonds is 3. The Balaban J connectivity index is 1.84. The van der Waals surface area contributed by atoms with Crippen LogP contribution in [0.3, 0.4) is 0 Å². The summed E-state index contributed by atoms with van der Waals surface area (Å²) in [5.74, 6) is 1.55. The molecule has 0 unspecified atom stereocenters. The summed E-state index contributed by atoms with van der Waals surface area (Å²) in [6, 6.07) is 18.0. The molecule has 4 rings (SSSR count). The summed E-state index contributed by atoms with van der Waals surface area (Å²) in [5, 5.41) is 8.56. The van der Waals surface area contributed by atoms with Crippen LogP contribution >= 0.6 is 0 Å². The van der Waals surface area contributed by atoms with Crippen LogP contribution in [0, 0.1) is 6.92 Å². The largest absolute Gasteiger partial charge is 0.278 e. The Morgan fingerprint density at radius 1 is 0.833 bits per heavy atom. The fourth-order valence-electron chi connectivity index (χ4n) is 2.68. The summed E-state index contributed by atoms with van der Waals surface area (Å²) in [6.07, 6.45) is 5.39. The third-order valence-electron chi connectivity index (χ3n) is 3.82. The molecular formula is C19H15N5. The summed E-state index contributed by atoms with van der Waals surface area (Å²) in [7, 11) is 0. The molecule has 5 nitrogen and oxygen atoms in total. The maximum atomic E-state index is 4.49. The molecule has 3 aromatic heterocycles. The van der Waals surface area contributed by atoms with Gasteiger partial charge in [0.25, 0.3) is 0 Å². The first-order valence-electron chi connectivity index (χ1n) is 7.67. The molecule has 3 heterocycles. The van der Waals surface area contributed by atoms with E-state index in [2.05, 4.69) is 20.2 Å². The molecule has 24 heavy (non-hydrogen) atoms. The van der Waals surface area contributed by atoms with Crippen molar-refractivity contribution in [2.24, 2.45) is 0 Å². The second-order valence-electron chi connectivity index (χ2n) is 5.41. The lowest BCUT2D eigenvalue weighted by atomic mass is 10.1. The molecule has 0 saturated carbocycles. The van der Waals surface area contributed by atoms with Crippen molar-refractivity contribution >= 4 is 0 Å². The number of benzene rings is 1. The molecule has 0 radical (unpaired) electrons. The van der Waals surface area contributed by atoms with E-state index in [1.54, 1.807) is 12.4 Å². The number of aryl methyl sites for hydroxylation is 1. The third-order valence-corrected chi connectivity index (χ3v) is 3.82. The second-order valence-corrected chi connectivity index (χ2v) is 5.41. The van der Waals surface area contributed by atoms with Gasteiger partial charge in [-0.15, -0.1) is 10.2 Å². The molecular weight excluding hydrogens is 298 g/mol. The zero-order valence-electron chi connectivity index (χ0n) is 13.2. The summed E-state index contributed by atoms with van der Waals surface area (Å²) < 4.78 is 2.01. The molecule has 0 spiro atoms. The van der Waals surface area contributed by atoms with Gasteiger partial charge < -0.3 is 0 Å². The monoisotopic (exact) mass is 313 g/mol. The van der Waals surface area contributed by atoms with Crippen LogP contribution in [0.2, 0.25) is 0 Å². The van der Waals surface area contributed by atoms with E-state index in [0.717, 1.165) is 34.2 Å². The number of nitrogens with zero attached hydrogens (tertiary/aromatic N) is 5. The van der Waals surface area contributed by atoms with Gasteiger partial charge in [-0.1, -0.05) is 24.3 Å². The first-order chi connectivity index (χ1) is 11.8. The Bertz CT molecular complexity index is 961. The molecule has 0 aliphatic carbocycles. The van der Waals surface area contributed by atoms with E-state index in [9.17, 15) is 0 Å². The molecule has 0 bridgehead atoms. The molecule has 0 fully saturated rings. The van der Waals surface area contributed by atoms with Crippen molar-refractivity contribution in [1.29, 1.82) is 0 Å². The maximum Gasteiger partial charge on any atom is 0.187 e. The highest BCUT2D eigenvalue weighted by atomic mass is 15.3. The summed E-state index contributed by atoms with van der Waals surface area (Å²) in [6.45, 7) is 1.94. The van der Waals surface area contributed by atoms with Gasteiger partial charge in [-0.05, 0) is 42.8 Å². The SMILES string of the molecule is Cc1nnc(-c2cc(-c3cccnc3)ccn2)n1-c1ccccc1. The van der Waals surface area contributed by atoms with E-state index in [1.807, 2.05) is 72.3 Å². The van der Waals surface area contributed by atoms with Gasteiger partial charge in [0.05, 0.1) is 0 Å². The summed E-state index contributed by atoms with van der Waals surface area (Å²) in [5.41, 5.74) is 3.89. The normalized spacial score (nSPS) is 10.7. The molecule has 0 atom stereocenters. The van der Waals surface area contributed by atoms with Crippen LogP contribution in [0.25, 0.3) is 28.3 Å². The van der Waals surface area contributed by atoms with Gasteiger partial charge in [-0.25, -0.2) is 0 Å². The highest BCUT2D eigenvalue weighted by Crippen LogP contribution is 2.25. The highest BCUT2D eigenvalue weighted by molar-refractivity contribution is 5.67. The lowest BCUT2D eigenvalue weighted by Crippen LogP contribution is -2.00. The van der Waals surface area contributed by atoms with Crippen molar-refractivity contribution in [2.75, 3.05) is 0 Å². The van der Waals surface area contributed by atoms with E-state index in [1.165, 1.54) is 0 Å². The van der Waals surface area contributed by atoms with Gasteiger partial charge in [0, 0.05) is 29.8 Å². The number of aromatic nitrogens is 5. The van der Waals surface area contributed by atoms with E-state index in [-0.39, 0.29) is 0 Å². The predicted octanol–water partition coefficient (Wildman–Crippen LogP) is 3.70. The van der Waals surface area contributed by atoms with Crippen molar-refractivity contribution < 1.29 is 0 Å². The molecule has 0 amide bonds. The highest BCUT2D eigenvalue weighted by Gasteiger charge is 2.14. The Hall–Kier alpha value is -3.34. The lowest BCUT2D eigenvalue weighted by molar-refractivity contribution is 0.970. The van der Waals surface area contributed by atoms with Crippen LogP contribution in [0.1, 0.15) is 5.82 Å². The molecule has 5 heteroatoms. The molecule has 0 aliphatic rings. The fourth-order valence-corrected chi connectivity index (χ4v) is 2.68. The molecule has 0 N–H and O–H groups in total. The quantitative estimate of drug-likeness (QED) is 0.578. The Morgan fingerprint density at radius 3 is 2.50 bits per heavy atom. The van der Waals surface area contributed by atoms with Crippen LogP contribution in [-0.2, 0) is 0 Å². The minimum absolute atomic E-state index is 0.726. The minimum Gasteiger partial charge on any atom is -0.278 e. The molecule has 0 saturated heterocycles. The van der Waals surface area contributed by atoms with Crippen molar-refractivity contribution in [1.82, 2.24) is 24.7 Å². The molecule has 1 aromatic carbocycles. The predicted molar refractivity (Wildman–Crippen MR) is 92.6 cm³/mol. The fraction of sp³-hybridized carbons (Fsp3) is 0.0526. The number of pyridine rings is 2. The minimum atomic E-state index is 0.726. The van der Waals surface area contributed by atoms with E-state index in [4.69, 9.17) is 0 Å². The molecule has 116 valence electrons. The topological polar surface area (TPSA) is 56.5 Å². The smallest absolute Gasteiger partial charge is 0.187 e. The zero-order valence-corrected chi connectivity index (χ0v) is 13.2. The van der Waals surface area contributed by atoms with Crippen molar-refractivity contribution in [3.63, 3.8) is 0 Å². The van der Waals surface area contributed by atoms with Gasteiger partial charge in [-0.3, -0.25) is 14.5 Å². The average Bonchev–Trinajstić information content (AvgIpc) is 3.05. The second kappa shape index (κ2) is 6.04. The van der Waals surface area contributed by atoms with Crippen LogP contribution in [0.4, 0.5) is 0 Å². The van der Waals surface area contributed by atoms with E-state index < -0.39 is 0 Å². The van der Waals surface area contributed by atoms with Gasteiger partial charge in [-0.2, -0.15) is 0 Å². The Morgan fingerprint density at radius 2 is 1.71 bits per heavy atom. The number of para-hydroxylation sites is 1. The van der Waals surface area contributed by atoms with Crippen molar-refractivity contribution in [3.8, 4) is 28.3 Å². The summed E-state index contributed by atoms with van der Waals surface area (Å²) in [4.78, 5) is 8.67. The van der Waals surface area contributed by atoms with Gasteiger partial charge >= 0.3 is 0 Å². The van der Waals surface area contributed by atoms with Gasteiger partial charge in [0.2, 0.25) is 0 Å². The van der Waals surface area contributed by atoms with Crippen LogP contribution in [0.15, 0.2) is 73.2 Å². The lowest BCUT2D eigenvalue weighted by Gasteiger charge is -2.09. The number of hydrogen-bond acceptors (Lipinski definition) is 4. The van der Waals surface area contributed by atoms with Crippen molar-refractivity contribution in [2.45, 2.75) is 6.92 Å². The van der Waals surface area contributed by atoms with Gasteiger partial charge in [0.1, 0.15) is 11.5 Å². The Kier molecular flexibility index (Phi) is 3.59. The first-order valence-corrected chi connectivity index (χ1v) is 7.67. The molecule has 4 aromatic rings. The van der Waals surface area contributed by atoms with E-state index in [0.29, 0.717) is 0 Å². The molecule has 0 aliphatic heterocycles. The third kappa shape index (κ3) is 2.56. The van der Waals surface area contributed by atoms with Crippen LogP contribution < -0.4 is 0 Å². The van der Waals surface area contributed by atoms with Gasteiger partial charge in [0.15, 0.2) is 5.82 Å². The van der Waals surface area contributed by atoms with Crippen LogP contribution in [-0.4, -0.2) is 24.7 Å². The average molecular weight is 313 g/mol. The van der Waals surface area contributed by atoms with Crippen LogP contribution in [0.5, 0.6) is 0 Å². The number of hydrogen-bond donors (Lipinski definition) is 0. The standard InChI is InChI=1S/C19H15N5/c1-14-22-23-19(24(14)17-7-3-2-4-8-17)18-12-15(9-11-21-18)16-6-5-10-20-13-16/h2-13H,1H3. The first kappa shape index (κ1) is 14.3.